The molecular weight excluding hydrogens is 220 g/mol. The van der Waals surface area contributed by atoms with E-state index in [-0.39, 0.29) is 18.0 Å². The number of nitrogens with one attached hydrogen (secondary N) is 1. The van der Waals surface area contributed by atoms with E-state index in [9.17, 15) is 4.79 Å². The van der Waals surface area contributed by atoms with Crippen LogP contribution in [-0.2, 0) is 11.2 Å². The molecule has 3 N–H and O–H groups in total. The second-order valence-electron chi connectivity index (χ2n) is 4.27. The molecule has 0 aliphatic rings. The normalized spacial score (nSPS) is 14.4. The molecule has 2 unspecified atom stereocenters. The topological polar surface area (TPSA) is 55.1 Å². The van der Waals surface area contributed by atoms with Crippen LogP contribution in [0, 0.1) is 0 Å². The maximum absolute atomic E-state index is 11.5. The minimum atomic E-state index is 0.0957. The third-order valence-electron chi connectivity index (χ3n) is 2.32. The number of nitrogens with two attached hydrogens (primary N) is 1. The summed E-state index contributed by atoms with van der Waals surface area (Å²) in [4.78, 5) is 12.8. The van der Waals surface area contributed by atoms with Crippen LogP contribution >= 0.6 is 11.3 Å². The van der Waals surface area contributed by atoms with Crippen molar-refractivity contribution in [2.24, 2.45) is 5.73 Å². The zero-order chi connectivity index (χ0) is 12.0. The average Bonchev–Trinajstić information content (AvgIpc) is 2.67. The summed E-state index contributed by atoms with van der Waals surface area (Å²) in [6.07, 6.45) is 2.17. The summed E-state index contributed by atoms with van der Waals surface area (Å²) in [6, 6.07) is 4.41. The molecule has 4 heteroatoms. The Hall–Kier alpha value is -0.870. The average molecular weight is 240 g/mol. The standard InChI is InChI=1S/C12H20N2OS/c1-9(13)5-6-12(15)14-10(2)8-11-4-3-7-16-11/h3-4,7,9-10H,5-6,8,13H2,1-2H3,(H,14,15). The minimum absolute atomic E-state index is 0.0957. The lowest BCUT2D eigenvalue weighted by molar-refractivity contribution is -0.121. The quantitative estimate of drug-likeness (QED) is 0.798. The van der Waals surface area contributed by atoms with E-state index in [0.29, 0.717) is 6.42 Å². The van der Waals surface area contributed by atoms with Gasteiger partial charge in [-0.2, -0.15) is 0 Å². The monoisotopic (exact) mass is 240 g/mol. The van der Waals surface area contributed by atoms with Gasteiger partial charge in [-0.3, -0.25) is 4.79 Å². The summed E-state index contributed by atoms with van der Waals surface area (Å²) in [5.41, 5.74) is 5.60. The molecule has 0 aromatic carbocycles. The molecule has 0 aliphatic heterocycles. The molecule has 0 fully saturated rings. The van der Waals surface area contributed by atoms with Crippen LogP contribution in [-0.4, -0.2) is 18.0 Å². The zero-order valence-electron chi connectivity index (χ0n) is 9.90. The predicted molar refractivity (Wildman–Crippen MR) is 68.5 cm³/mol. The molecule has 1 aromatic rings. The first-order chi connectivity index (χ1) is 7.58. The van der Waals surface area contributed by atoms with Crippen molar-refractivity contribution in [3.63, 3.8) is 0 Å². The predicted octanol–water partition coefficient (Wildman–Crippen LogP) is 1.92. The molecule has 3 nitrogen and oxygen atoms in total. The highest BCUT2D eigenvalue weighted by molar-refractivity contribution is 7.09. The first-order valence-electron chi connectivity index (χ1n) is 5.65. The lowest BCUT2D eigenvalue weighted by atomic mass is 10.1. The number of amides is 1. The Morgan fingerprint density at radius 3 is 2.88 bits per heavy atom. The molecular formula is C12H20N2OS. The Labute approximate surface area is 101 Å². The van der Waals surface area contributed by atoms with Gasteiger partial charge in [-0.1, -0.05) is 6.07 Å². The molecule has 1 heterocycles. The van der Waals surface area contributed by atoms with Crippen LogP contribution < -0.4 is 11.1 Å². The fourth-order valence-corrected chi connectivity index (χ4v) is 2.32. The Balaban J connectivity index is 2.23. The summed E-state index contributed by atoms with van der Waals surface area (Å²) in [7, 11) is 0. The van der Waals surface area contributed by atoms with Gasteiger partial charge in [0.25, 0.3) is 0 Å². The molecule has 1 aromatic heterocycles. The van der Waals surface area contributed by atoms with E-state index in [1.807, 2.05) is 19.9 Å². The van der Waals surface area contributed by atoms with Gasteiger partial charge in [-0.25, -0.2) is 0 Å². The summed E-state index contributed by atoms with van der Waals surface area (Å²) in [6.45, 7) is 3.95. The van der Waals surface area contributed by atoms with Gasteiger partial charge in [-0.05, 0) is 31.7 Å². The zero-order valence-corrected chi connectivity index (χ0v) is 10.7. The van der Waals surface area contributed by atoms with Crippen LogP contribution in [0.1, 0.15) is 31.6 Å². The van der Waals surface area contributed by atoms with Crippen LogP contribution in [0.5, 0.6) is 0 Å². The van der Waals surface area contributed by atoms with E-state index in [0.717, 1.165) is 12.8 Å². The molecule has 0 aliphatic carbocycles. The van der Waals surface area contributed by atoms with Gasteiger partial charge >= 0.3 is 0 Å². The SMILES string of the molecule is CC(N)CCC(=O)NC(C)Cc1cccs1. The summed E-state index contributed by atoms with van der Waals surface area (Å²) >= 11 is 1.73. The third kappa shape index (κ3) is 5.28. The highest BCUT2D eigenvalue weighted by atomic mass is 32.1. The van der Waals surface area contributed by atoms with E-state index in [2.05, 4.69) is 16.8 Å². The van der Waals surface area contributed by atoms with E-state index >= 15 is 0 Å². The molecule has 16 heavy (non-hydrogen) atoms. The largest absolute Gasteiger partial charge is 0.353 e. The van der Waals surface area contributed by atoms with Crippen molar-refractivity contribution in [2.45, 2.75) is 45.2 Å². The Morgan fingerprint density at radius 1 is 1.56 bits per heavy atom. The summed E-state index contributed by atoms with van der Waals surface area (Å²) < 4.78 is 0. The number of carbonyl (C=O) groups is 1. The third-order valence-corrected chi connectivity index (χ3v) is 3.22. The second-order valence-corrected chi connectivity index (χ2v) is 5.30. The van der Waals surface area contributed by atoms with Crippen LogP contribution in [0.2, 0.25) is 0 Å². The van der Waals surface area contributed by atoms with Crippen molar-refractivity contribution < 1.29 is 4.79 Å². The number of hydrogen-bond acceptors (Lipinski definition) is 3. The van der Waals surface area contributed by atoms with Gasteiger partial charge in [0.15, 0.2) is 0 Å². The van der Waals surface area contributed by atoms with Crippen molar-refractivity contribution in [3.05, 3.63) is 22.4 Å². The maximum atomic E-state index is 11.5. The lowest BCUT2D eigenvalue weighted by Gasteiger charge is -2.13. The molecule has 1 amide bonds. The van der Waals surface area contributed by atoms with Crippen LogP contribution in [0.3, 0.4) is 0 Å². The van der Waals surface area contributed by atoms with Gasteiger partial charge in [0, 0.05) is 29.8 Å². The molecule has 0 bridgehead atoms. The highest BCUT2D eigenvalue weighted by Gasteiger charge is 2.09. The van der Waals surface area contributed by atoms with E-state index < -0.39 is 0 Å². The minimum Gasteiger partial charge on any atom is -0.353 e. The molecule has 90 valence electrons. The Morgan fingerprint density at radius 2 is 2.31 bits per heavy atom. The smallest absolute Gasteiger partial charge is 0.220 e. The van der Waals surface area contributed by atoms with Gasteiger partial charge in [0.2, 0.25) is 5.91 Å². The molecule has 0 saturated heterocycles. The number of hydrogen-bond donors (Lipinski definition) is 2. The number of carbonyl (C=O) groups excluding carboxylic acids is 1. The van der Waals surface area contributed by atoms with Gasteiger partial charge in [0.1, 0.15) is 0 Å². The number of rotatable bonds is 6. The van der Waals surface area contributed by atoms with Crippen molar-refractivity contribution in [1.82, 2.24) is 5.32 Å². The van der Waals surface area contributed by atoms with E-state index in [4.69, 9.17) is 5.73 Å². The second kappa shape index (κ2) is 6.66. The van der Waals surface area contributed by atoms with Gasteiger partial charge in [0.05, 0.1) is 0 Å². The van der Waals surface area contributed by atoms with Crippen molar-refractivity contribution in [1.29, 1.82) is 0 Å². The van der Waals surface area contributed by atoms with E-state index in [1.165, 1.54) is 4.88 Å². The molecule has 0 radical (unpaired) electrons. The lowest BCUT2D eigenvalue weighted by Crippen LogP contribution is -2.34. The first kappa shape index (κ1) is 13.2. The maximum Gasteiger partial charge on any atom is 0.220 e. The van der Waals surface area contributed by atoms with Crippen molar-refractivity contribution in [2.75, 3.05) is 0 Å². The fraction of sp³-hybridized carbons (Fsp3) is 0.583. The van der Waals surface area contributed by atoms with Gasteiger partial charge in [-0.15, -0.1) is 11.3 Å². The van der Waals surface area contributed by atoms with Crippen LogP contribution in [0.25, 0.3) is 0 Å². The van der Waals surface area contributed by atoms with E-state index in [1.54, 1.807) is 11.3 Å². The summed E-state index contributed by atoms with van der Waals surface area (Å²) in [5.74, 6) is 0.0985. The molecule has 1 rings (SSSR count). The van der Waals surface area contributed by atoms with Gasteiger partial charge < -0.3 is 11.1 Å². The fourth-order valence-electron chi connectivity index (χ4n) is 1.49. The highest BCUT2D eigenvalue weighted by Crippen LogP contribution is 2.11. The Bertz CT molecular complexity index is 309. The first-order valence-corrected chi connectivity index (χ1v) is 6.53. The molecule has 0 spiro atoms. The van der Waals surface area contributed by atoms with Crippen LogP contribution in [0.4, 0.5) is 0 Å². The van der Waals surface area contributed by atoms with Crippen molar-refractivity contribution >= 4 is 17.2 Å². The number of thiophene rings is 1. The summed E-state index contributed by atoms with van der Waals surface area (Å²) in [5, 5.41) is 5.04. The molecule has 0 saturated carbocycles. The van der Waals surface area contributed by atoms with Crippen molar-refractivity contribution in [3.8, 4) is 0 Å². The Kier molecular flexibility index (Phi) is 5.49. The van der Waals surface area contributed by atoms with Crippen LogP contribution in [0.15, 0.2) is 17.5 Å². The molecule has 2 atom stereocenters.